The predicted octanol–water partition coefficient (Wildman–Crippen LogP) is 1.28. The van der Waals surface area contributed by atoms with Gasteiger partial charge in [-0.25, -0.2) is 0 Å². The van der Waals surface area contributed by atoms with Gasteiger partial charge in [-0.3, -0.25) is 9.69 Å². The molecule has 0 bridgehead atoms. The van der Waals surface area contributed by atoms with Gasteiger partial charge in [-0.05, 0) is 37.7 Å². The average molecular weight is 284 g/mol. The van der Waals surface area contributed by atoms with Crippen LogP contribution in [0.5, 0.6) is 5.75 Å². The Balaban J connectivity index is 1.87. The van der Waals surface area contributed by atoms with Crippen molar-refractivity contribution in [2.75, 3.05) is 38.0 Å². The lowest BCUT2D eigenvalue weighted by Gasteiger charge is -2.18. The molecule has 1 aliphatic heterocycles. The van der Waals surface area contributed by atoms with Gasteiger partial charge in [0.1, 0.15) is 5.75 Å². The van der Waals surface area contributed by atoms with Crippen molar-refractivity contribution in [3.8, 4) is 5.75 Å². The van der Waals surface area contributed by atoms with Gasteiger partial charge >= 0.3 is 0 Å². The predicted molar refractivity (Wildman–Crippen MR) is 75.7 cm³/mol. The smallest absolute Gasteiger partial charge is 0.238 e. The number of carbonyl (C=O) groups excluding carboxylic acids is 1. The van der Waals surface area contributed by atoms with Gasteiger partial charge in [0.25, 0.3) is 0 Å². The molecular formula is C13H18ClN3O2. The summed E-state index contributed by atoms with van der Waals surface area (Å²) in [6, 6.07) is 4.63. The van der Waals surface area contributed by atoms with Crippen LogP contribution in [0.3, 0.4) is 0 Å². The number of carbonyl (C=O) groups is 1. The van der Waals surface area contributed by atoms with Crippen LogP contribution in [0.4, 0.5) is 5.69 Å². The molecule has 0 atom stereocenters. The lowest BCUT2D eigenvalue weighted by molar-refractivity contribution is -0.117. The van der Waals surface area contributed by atoms with Crippen LogP contribution in [0.1, 0.15) is 6.42 Å². The Hall–Kier alpha value is -1.30. The van der Waals surface area contributed by atoms with Crippen LogP contribution in [-0.4, -0.2) is 48.6 Å². The highest BCUT2D eigenvalue weighted by molar-refractivity contribution is 6.32. The van der Waals surface area contributed by atoms with E-state index in [1.165, 1.54) is 6.07 Å². The van der Waals surface area contributed by atoms with Crippen LogP contribution >= 0.6 is 11.6 Å². The van der Waals surface area contributed by atoms with Crippen molar-refractivity contribution >= 4 is 23.2 Å². The standard InChI is InChI=1S/C13H18ClN3O2/c14-11-8-10(2-3-12(11)18)16-13(19)9-17-6-1-4-15-5-7-17/h2-3,8,15,18H,1,4-7,9H2,(H,16,19). The van der Waals surface area contributed by atoms with Gasteiger partial charge in [0.2, 0.25) is 5.91 Å². The van der Waals surface area contributed by atoms with E-state index in [0.29, 0.717) is 12.2 Å². The molecule has 6 heteroatoms. The normalized spacial score (nSPS) is 16.9. The van der Waals surface area contributed by atoms with Gasteiger partial charge in [0, 0.05) is 18.8 Å². The summed E-state index contributed by atoms with van der Waals surface area (Å²) in [5.74, 6) is -0.0538. The first-order valence-electron chi connectivity index (χ1n) is 6.36. The number of hydrogen-bond acceptors (Lipinski definition) is 4. The van der Waals surface area contributed by atoms with Gasteiger partial charge in [-0.15, -0.1) is 0 Å². The number of nitrogens with zero attached hydrogens (tertiary/aromatic N) is 1. The second-order valence-electron chi connectivity index (χ2n) is 4.59. The first kappa shape index (κ1) is 14.1. The molecule has 104 valence electrons. The van der Waals surface area contributed by atoms with Crippen LogP contribution in [0.15, 0.2) is 18.2 Å². The maximum absolute atomic E-state index is 11.9. The molecule has 0 aliphatic carbocycles. The number of amides is 1. The van der Waals surface area contributed by atoms with Crippen molar-refractivity contribution < 1.29 is 9.90 Å². The molecule has 0 aromatic heterocycles. The van der Waals surface area contributed by atoms with Crippen LogP contribution in [0.2, 0.25) is 5.02 Å². The number of anilines is 1. The number of nitrogens with one attached hydrogen (secondary N) is 2. The molecule has 1 heterocycles. The third-order valence-electron chi connectivity index (χ3n) is 3.03. The van der Waals surface area contributed by atoms with E-state index in [9.17, 15) is 9.90 Å². The highest BCUT2D eigenvalue weighted by atomic mass is 35.5. The lowest BCUT2D eigenvalue weighted by atomic mass is 10.3. The molecule has 1 aliphatic rings. The lowest BCUT2D eigenvalue weighted by Crippen LogP contribution is -2.35. The fraction of sp³-hybridized carbons (Fsp3) is 0.462. The highest BCUT2D eigenvalue weighted by Crippen LogP contribution is 2.25. The van der Waals surface area contributed by atoms with E-state index in [4.69, 9.17) is 11.6 Å². The minimum Gasteiger partial charge on any atom is -0.506 e. The Bertz CT molecular complexity index is 446. The summed E-state index contributed by atoms with van der Waals surface area (Å²) >= 11 is 5.79. The number of aromatic hydroxyl groups is 1. The SMILES string of the molecule is O=C(CN1CCCNCC1)Nc1ccc(O)c(Cl)c1. The first-order valence-corrected chi connectivity index (χ1v) is 6.74. The number of hydrogen-bond donors (Lipinski definition) is 3. The van der Waals surface area contributed by atoms with Gasteiger partial charge in [0.05, 0.1) is 11.6 Å². The zero-order chi connectivity index (χ0) is 13.7. The van der Waals surface area contributed by atoms with Crippen molar-refractivity contribution in [2.24, 2.45) is 0 Å². The van der Waals surface area contributed by atoms with Crippen molar-refractivity contribution in [2.45, 2.75) is 6.42 Å². The summed E-state index contributed by atoms with van der Waals surface area (Å²) in [6.45, 7) is 4.10. The number of phenolic OH excluding ortho intramolecular Hbond substituents is 1. The molecule has 0 spiro atoms. The van der Waals surface area contributed by atoms with Crippen LogP contribution in [-0.2, 0) is 4.79 Å². The number of rotatable bonds is 3. The van der Waals surface area contributed by atoms with Gasteiger partial charge in [-0.1, -0.05) is 11.6 Å². The van der Waals surface area contributed by atoms with Crippen molar-refractivity contribution in [1.29, 1.82) is 0 Å². The zero-order valence-corrected chi connectivity index (χ0v) is 11.4. The fourth-order valence-corrected chi connectivity index (χ4v) is 2.23. The second-order valence-corrected chi connectivity index (χ2v) is 5.00. The third kappa shape index (κ3) is 4.38. The molecule has 19 heavy (non-hydrogen) atoms. The number of phenols is 1. The summed E-state index contributed by atoms with van der Waals surface area (Å²) in [6.07, 6.45) is 1.05. The van der Waals surface area contributed by atoms with Gasteiger partial charge in [0.15, 0.2) is 0 Å². The summed E-state index contributed by atoms with van der Waals surface area (Å²) in [7, 11) is 0. The maximum Gasteiger partial charge on any atom is 0.238 e. The molecule has 0 radical (unpaired) electrons. The zero-order valence-electron chi connectivity index (χ0n) is 10.7. The van der Waals surface area contributed by atoms with Gasteiger partial charge < -0.3 is 15.7 Å². The summed E-state index contributed by atoms with van der Waals surface area (Å²) in [4.78, 5) is 14.0. The number of halogens is 1. The van der Waals surface area contributed by atoms with Crippen molar-refractivity contribution in [1.82, 2.24) is 10.2 Å². The van der Waals surface area contributed by atoms with Crippen LogP contribution in [0.25, 0.3) is 0 Å². The Morgan fingerprint density at radius 3 is 3.05 bits per heavy atom. The molecular weight excluding hydrogens is 266 g/mol. The monoisotopic (exact) mass is 283 g/mol. The summed E-state index contributed by atoms with van der Waals surface area (Å²) in [5, 5.41) is 15.6. The van der Waals surface area contributed by atoms with E-state index < -0.39 is 0 Å². The van der Waals surface area contributed by atoms with Crippen molar-refractivity contribution in [3.63, 3.8) is 0 Å². The van der Waals surface area contributed by atoms with E-state index in [-0.39, 0.29) is 16.7 Å². The summed E-state index contributed by atoms with van der Waals surface area (Å²) < 4.78 is 0. The van der Waals surface area contributed by atoms with Crippen molar-refractivity contribution in [3.05, 3.63) is 23.2 Å². The molecule has 5 nitrogen and oxygen atoms in total. The minimum absolute atomic E-state index is 0.0123. The Labute approximate surface area is 117 Å². The Kier molecular flexibility index (Phi) is 5.01. The molecule has 1 aromatic rings. The Morgan fingerprint density at radius 1 is 1.42 bits per heavy atom. The fourth-order valence-electron chi connectivity index (χ4n) is 2.05. The van der Waals surface area contributed by atoms with E-state index in [0.717, 1.165) is 32.6 Å². The third-order valence-corrected chi connectivity index (χ3v) is 3.33. The number of benzene rings is 1. The first-order chi connectivity index (χ1) is 9.15. The second kappa shape index (κ2) is 6.75. The molecule has 0 unspecified atom stereocenters. The Morgan fingerprint density at radius 2 is 2.26 bits per heavy atom. The average Bonchev–Trinajstić information content (AvgIpc) is 2.62. The molecule has 1 saturated heterocycles. The largest absolute Gasteiger partial charge is 0.506 e. The molecule has 1 fully saturated rings. The topological polar surface area (TPSA) is 64.6 Å². The van der Waals surface area contributed by atoms with Gasteiger partial charge in [-0.2, -0.15) is 0 Å². The quantitative estimate of drug-likeness (QED) is 0.731. The highest BCUT2D eigenvalue weighted by Gasteiger charge is 2.13. The molecule has 2 rings (SSSR count). The maximum atomic E-state index is 11.9. The van der Waals surface area contributed by atoms with Crippen LogP contribution in [0, 0.1) is 0 Å². The van der Waals surface area contributed by atoms with E-state index in [1.807, 2.05) is 0 Å². The molecule has 1 amide bonds. The van der Waals surface area contributed by atoms with E-state index in [1.54, 1.807) is 12.1 Å². The molecule has 1 aromatic carbocycles. The molecule has 0 saturated carbocycles. The molecule has 3 N–H and O–H groups in total. The minimum atomic E-state index is -0.0661. The van der Waals surface area contributed by atoms with Crippen LogP contribution < -0.4 is 10.6 Å². The van der Waals surface area contributed by atoms with E-state index >= 15 is 0 Å². The van der Waals surface area contributed by atoms with E-state index in [2.05, 4.69) is 15.5 Å². The summed E-state index contributed by atoms with van der Waals surface area (Å²) in [5.41, 5.74) is 0.598.